The second kappa shape index (κ2) is 8.75. The van der Waals surface area contributed by atoms with Crippen molar-refractivity contribution in [3.8, 4) is 0 Å². The maximum Gasteiger partial charge on any atom is 0.407 e. The lowest BCUT2D eigenvalue weighted by Gasteiger charge is -2.34. The van der Waals surface area contributed by atoms with E-state index in [-0.39, 0.29) is 35.1 Å². The maximum atomic E-state index is 13.3. The van der Waals surface area contributed by atoms with Crippen LogP contribution in [-0.4, -0.2) is 77.0 Å². The van der Waals surface area contributed by atoms with Crippen LogP contribution >= 0.6 is 23.2 Å². The molecule has 7 nitrogen and oxygen atoms in total. The number of rotatable bonds is 4. The lowest BCUT2D eigenvalue weighted by atomic mass is 9.93. The Morgan fingerprint density at radius 2 is 1.72 bits per heavy atom. The highest BCUT2D eigenvalue weighted by atomic mass is 35.5. The second-order valence-electron chi connectivity index (χ2n) is 9.61. The van der Waals surface area contributed by atoms with Gasteiger partial charge in [-0.2, -0.15) is 0 Å². The Balaban J connectivity index is 1.45. The van der Waals surface area contributed by atoms with Crippen LogP contribution in [0, 0.1) is 11.3 Å². The van der Waals surface area contributed by atoms with Gasteiger partial charge in [-0.3, -0.25) is 9.59 Å². The fraction of sp³-hybridized carbons (Fsp3) is 0.609. The number of halogens is 2. The van der Waals surface area contributed by atoms with Gasteiger partial charge in [0.05, 0.1) is 16.1 Å². The molecule has 3 fully saturated rings. The van der Waals surface area contributed by atoms with Gasteiger partial charge < -0.3 is 19.8 Å². The minimum atomic E-state index is -1.03. The van der Waals surface area contributed by atoms with Crippen LogP contribution in [0.2, 0.25) is 10.0 Å². The largest absolute Gasteiger partial charge is 0.465 e. The van der Waals surface area contributed by atoms with Gasteiger partial charge in [0.25, 0.3) is 0 Å². The number of carbonyl (C=O) groups excluding carboxylic acids is 2. The molecular weight excluding hydrogens is 453 g/mol. The average Bonchev–Trinajstić information content (AvgIpc) is 3.38. The van der Waals surface area contributed by atoms with E-state index in [0.29, 0.717) is 49.1 Å². The highest BCUT2D eigenvalue weighted by Crippen LogP contribution is 2.47. The van der Waals surface area contributed by atoms with E-state index in [1.54, 1.807) is 17.0 Å². The van der Waals surface area contributed by atoms with E-state index in [2.05, 4.69) is 0 Å². The molecule has 0 bridgehead atoms. The molecule has 0 radical (unpaired) electrons. The van der Waals surface area contributed by atoms with E-state index >= 15 is 0 Å². The molecule has 9 heteroatoms. The normalized spacial score (nSPS) is 25.0. The monoisotopic (exact) mass is 481 g/mol. The van der Waals surface area contributed by atoms with E-state index in [4.69, 9.17) is 23.2 Å². The zero-order chi connectivity index (χ0) is 23.2. The van der Waals surface area contributed by atoms with E-state index in [1.165, 1.54) is 11.9 Å². The molecule has 1 aliphatic carbocycles. The number of amides is 3. The smallest absolute Gasteiger partial charge is 0.407 e. The van der Waals surface area contributed by atoms with Crippen LogP contribution in [-0.2, 0) is 9.59 Å². The highest BCUT2D eigenvalue weighted by molar-refractivity contribution is 6.42. The molecule has 174 valence electrons. The average molecular weight is 482 g/mol. The van der Waals surface area contributed by atoms with Crippen LogP contribution < -0.4 is 0 Å². The number of likely N-dealkylation sites (N-methyl/N-ethyl adjacent to an activating group) is 1. The molecule has 1 aromatic rings. The first-order valence-corrected chi connectivity index (χ1v) is 11.8. The Morgan fingerprint density at radius 3 is 2.28 bits per heavy atom. The van der Waals surface area contributed by atoms with Gasteiger partial charge in [0.1, 0.15) is 0 Å². The quantitative estimate of drug-likeness (QED) is 0.705. The summed E-state index contributed by atoms with van der Waals surface area (Å²) in [5.74, 6) is -0.0748. The van der Waals surface area contributed by atoms with Gasteiger partial charge in [0.2, 0.25) is 11.8 Å². The number of carboxylic acid groups (broad SMARTS) is 1. The van der Waals surface area contributed by atoms with Crippen molar-refractivity contribution in [2.24, 2.45) is 11.3 Å². The number of benzene rings is 1. The maximum absolute atomic E-state index is 13.3. The van der Waals surface area contributed by atoms with Crippen molar-refractivity contribution in [3.63, 3.8) is 0 Å². The SMILES string of the molecule is CN(C(=O)O)[C@H]1CN(C(=O)C2CCN(C(=O)C3(C)CC3)CC2)C[C@H]1c1ccc(Cl)c(Cl)c1. The Morgan fingerprint density at radius 1 is 1.06 bits per heavy atom. The molecule has 1 saturated carbocycles. The Hall–Kier alpha value is -1.99. The van der Waals surface area contributed by atoms with Gasteiger partial charge in [-0.1, -0.05) is 36.2 Å². The second-order valence-corrected chi connectivity index (χ2v) is 10.4. The van der Waals surface area contributed by atoms with Crippen molar-refractivity contribution < 1.29 is 19.5 Å². The topological polar surface area (TPSA) is 81.2 Å². The zero-order valence-electron chi connectivity index (χ0n) is 18.4. The molecule has 1 aromatic carbocycles. The summed E-state index contributed by atoms with van der Waals surface area (Å²) >= 11 is 12.3. The van der Waals surface area contributed by atoms with E-state index in [9.17, 15) is 19.5 Å². The lowest BCUT2D eigenvalue weighted by Crippen LogP contribution is -2.46. The third-order valence-electron chi connectivity index (χ3n) is 7.42. The number of hydrogen-bond acceptors (Lipinski definition) is 3. The summed E-state index contributed by atoms with van der Waals surface area (Å²) < 4.78 is 0. The Bertz CT molecular complexity index is 928. The minimum absolute atomic E-state index is 0.0427. The van der Waals surface area contributed by atoms with Crippen molar-refractivity contribution in [2.75, 3.05) is 33.2 Å². The first-order valence-electron chi connectivity index (χ1n) is 11.1. The number of piperidine rings is 1. The van der Waals surface area contributed by atoms with E-state index in [1.807, 2.05) is 17.9 Å². The van der Waals surface area contributed by atoms with Crippen LogP contribution in [0.5, 0.6) is 0 Å². The summed E-state index contributed by atoms with van der Waals surface area (Å²) in [6, 6.07) is 4.94. The molecule has 32 heavy (non-hydrogen) atoms. The lowest BCUT2D eigenvalue weighted by molar-refractivity contribution is -0.142. The summed E-state index contributed by atoms with van der Waals surface area (Å²) in [6.45, 7) is 3.99. The van der Waals surface area contributed by atoms with Gasteiger partial charge in [-0.25, -0.2) is 4.79 Å². The molecular formula is C23H29Cl2N3O4. The van der Waals surface area contributed by atoms with E-state index < -0.39 is 6.09 Å². The molecule has 4 rings (SSSR count). The Kier molecular flexibility index (Phi) is 6.34. The van der Waals surface area contributed by atoms with Gasteiger partial charge in [-0.05, 0) is 43.4 Å². The molecule has 2 heterocycles. The summed E-state index contributed by atoms with van der Waals surface area (Å²) in [5, 5.41) is 10.4. The summed E-state index contributed by atoms with van der Waals surface area (Å²) in [4.78, 5) is 42.6. The highest BCUT2D eigenvalue weighted by Gasteiger charge is 2.48. The summed E-state index contributed by atoms with van der Waals surface area (Å²) in [7, 11) is 1.54. The molecule has 0 spiro atoms. The van der Waals surface area contributed by atoms with Crippen LogP contribution in [0.1, 0.15) is 44.1 Å². The van der Waals surface area contributed by atoms with Crippen LogP contribution in [0.25, 0.3) is 0 Å². The van der Waals surface area contributed by atoms with Crippen LogP contribution in [0.15, 0.2) is 18.2 Å². The van der Waals surface area contributed by atoms with Crippen molar-refractivity contribution in [3.05, 3.63) is 33.8 Å². The molecule has 2 atom stereocenters. The first kappa shape index (κ1) is 23.2. The molecule has 2 aliphatic heterocycles. The minimum Gasteiger partial charge on any atom is -0.465 e. The van der Waals surface area contributed by atoms with Gasteiger partial charge in [-0.15, -0.1) is 0 Å². The summed E-state index contributed by atoms with van der Waals surface area (Å²) in [5.41, 5.74) is 0.680. The van der Waals surface area contributed by atoms with Gasteiger partial charge >= 0.3 is 6.09 Å². The van der Waals surface area contributed by atoms with Crippen LogP contribution in [0.3, 0.4) is 0 Å². The number of likely N-dealkylation sites (tertiary alicyclic amines) is 2. The third-order valence-corrected chi connectivity index (χ3v) is 8.16. The molecule has 2 saturated heterocycles. The standard InChI is InChI=1S/C23H29Cl2N3O4/c1-23(7-8-23)21(30)27-9-5-14(6-10-27)20(29)28-12-16(19(13-28)26(2)22(31)32)15-3-4-17(24)18(25)11-15/h3-4,11,14,16,19H,5-10,12-13H2,1-2H3,(H,31,32)/t16-,19-/m0/s1. The van der Waals surface area contributed by atoms with Crippen molar-refractivity contribution in [1.82, 2.24) is 14.7 Å². The van der Waals surface area contributed by atoms with Crippen molar-refractivity contribution in [1.29, 1.82) is 0 Å². The fourth-order valence-corrected chi connectivity index (χ4v) is 5.25. The predicted octanol–water partition coefficient (Wildman–Crippen LogP) is 3.94. The van der Waals surface area contributed by atoms with Crippen molar-refractivity contribution in [2.45, 2.75) is 44.6 Å². The molecule has 3 aliphatic rings. The van der Waals surface area contributed by atoms with Gasteiger partial charge in [0, 0.05) is 50.5 Å². The number of carbonyl (C=O) groups is 3. The molecule has 1 N–H and O–H groups in total. The molecule has 0 aromatic heterocycles. The summed E-state index contributed by atoms with van der Waals surface area (Å²) in [6.07, 6.45) is 2.16. The predicted molar refractivity (Wildman–Crippen MR) is 122 cm³/mol. The van der Waals surface area contributed by atoms with Gasteiger partial charge in [0.15, 0.2) is 0 Å². The third kappa shape index (κ3) is 4.42. The fourth-order valence-electron chi connectivity index (χ4n) is 4.94. The zero-order valence-corrected chi connectivity index (χ0v) is 19.9. The Labute approximate surface area is 198 Å². The van der Waals surface area contributed by atoms with Crippen molar-refractivity contribution >= 4 is 41.1 Å². The molecule has 0 unspecified atom stereocenters. The number of hydrogen-bond donors (Lipinski definition) is 1. The van der Waals surface area contributed by atoms with E-state index in [0.717, 1.165) is 18.4 Å². The number of nitrogens with zero attached hydrogens (tertiary/aromatic N) is 3. The molecule has 3 amide bonds. The first-order chi connectivity index (χ1) is 15.1. The van der Waals surface area contributed by atoms with Crippen LogP contribution in [0.4, 0.5) is 4.79 Å².